The molecule has 0 saturated heterocycles. The van der Waals surface area contributed by atoms with Crippen molar-refractivity contribution < 1.29 is 0 Å². The Kier molecular flexibility index (Phi) is 5.06. The number of likely N-dealkylation sites (N-methyl/N-ethyl adjacent to an activating group) is 1. The molecule has 84 valence electrons. The molecule has 0 spiro atoms. The van der Waals surface area contributed by atoms with E-state index in [1.165, 1.54) is 0 Å². The van der Waals surface area contributed by atoms with Crippen LogP contribution in [0.15, 0.2) is 22.7 Å². The van der Waals surface area contributed by atoms with Crippen LogP contribution < -0.4 is 5.73 Å². The smallest absolute Gasteiger partial charge is 0.0462 e. The molecule has 1 atom stereocenters. The molecule has 0 saturated carbocycles. The van der Waals surface area contributed by atoms with Gasteiger partial charge in [0.15, 0.2) is 0 Å². The Hall–Kier alpha value is -0.0900. The lowest BCUT2D eigenvalue weighted by atomic mass is 10.2. The van der Waals surface area contributed by atoms with Gasteiger partial charge >= 0.3 is 0 Å². The van der Waals surface area contributed by atoms with Crippen LogP contribution in [0.3, 0.4) is 0 Å². The van der Waals surface area contributed by atoms with Gasteiger partial charge in [-0.1, -0.05) is 33.6 Å². The topological polar surface area (TPSA) is 29.3 Å². The van der Waals surface area contributed by atoms with Gasteiger partial charge in [0.2, 0.25) is 0 Å². The summed E-state index contributed by atoms with van der Waals surface area (Å²) in [7, 11) is 2.05. The highest BCUT2D eigenvalue weighted by molar-refractivity contribution is 9.10. The van der Waals surface area contributed by atoms with E-state index in [2.05, 4.69) is 34.8 Å². The maximum atomic E-state index is 6.13. The Labute approximate surface area is 105 Å². The van der Waals surface area contributed by atoms with Crippen LogP contribution in [0.25, 0.3) is 0 Å². The van der Waals surface area contributed by atoms with Crippen LogP contribution in [-0.2, 0) is 6.54 Å². The summed E-state index contributed by atoms with van der Waals surface area (Å²) in [6, 6.07) is 6.32. The van der Waals surface area contributed by atoms with Gasteiger partial charge in [0.1, 0.15) is 0 Å². The molecule has 1 aromatic rings. The molecule has 1 rings (SSSR count). The van der Waals surface area contributed by atoms with E-state index >= 15 is 0 Å². The molecule has 1 unspecified atom stereocenters. The predicted octanol–water partition coefficient (Wildman–Crippen LogP) is 2.88. The van der Waals surface area contributed by atoms with Gasteiger partial charge in [-0.2, -0.15) is 0 Å². The van der Waals surface area contributed by atoms with E-state index in [0.29, 0.717) is 12.6 Å². The first-order valence-corrected chi connectivity index (χ1v) is 6.06. The molecule has 0 heterocycles. The maximum absolute atomic E-state index is 6.13. The van der Waals surface area contributed by atoms with Crippen LogP contribution >= 0.6 is 27.5 Å². The molecule has 0 fully saturated rings. The standard InChI is InChI=1S/C11H16BrClN2/c1-8(6-14)15(2)7-9-3-4-10(12)5-11(9)13/h3-5,8H,6-7,14H2,1-2H3. The number of benzene rings is 1. The molecule has 15 heavy (non-hydrogen) atoms. The van der Waals surface area contributed by atoms with E-state index in [1.54, 1.807) is 0 Å². The van der Waals surface area contributed by atoms with Crippen molar-refractivity contribution in [3.05, 3.63) is 33.3 Å². The number of hydrogen-bond donors (Lipinski definition) is 1. The quantitative estimate of drug-likeness (QED) is 0.924. The van der Waals surface area contributed by atoms with Crippen molar-refractivity contribution in [1.29, 1.82) is 0 Å². The van der Waals surface area contributed by atoms with E-state index in [4.69, 9.17) is 17.3 Å². The van der Waals surface area contributed by atoms with Crippen molar-refractivity contribution in [2.75, 3.05) is 13.6 Å². The van der Waals surface area contributed by atoms with Gasteiger partial charge in [-0.3, -0.25) is 4.90 Å². The van der Waals surface area contributed by atoms with E-state index in [-0.39, 0.29) is 0 Å². The van der Waals surface area contributed by atoms with Gasteiger partial charge in [-0.25, -0.2) is 0 Å². The first-order chi connectivity index (χ1) is 7.04. The Morgan fingerprint density at radius 1 is 1.53 bits per heavy atom. The van der Waals surface area contributed by atoms with Crippen LogP contribution in [0.5, 0.6) is 0 Å². The second kappa shape index (κ2) is 5.85. The van der Waals surface area contributed by atoms with E-state index < -0.39 is 0 Å². The second-order valence-corrected chi connectivity index (χ2v) is 5.06. The lowest BCUT2D eigenvalue weighted by Gasteiger charge is -2.23. The second-order valence-electron chi connectivity index (χ2n) is 3.74. The maximum Gasteiger partial charge on any atom is 0.0462 e. The molecule has 0 bridgehead atoms. The summed E-state index contributed by atoms with van der Waals surface area (Å²) >= 11 is 9.52. The highest BCUT2D eigenvalue weighted by Gasteiger charge is 2.09. The molecule has 2 nitrogen and oxygen atoms in total. The van der Waals surface area contributed by atoms with Crippen molar-refractivity contribution in [1.82, 2.24) is 4.90 Å². The third kappa shape index (κ3) is 3.76. The molecule has 0 aromatic heterocycles. The zero-order chi connectivity index (χ0) is 11.4. The largest absolute Gasteiger partial charge is 0.329 e. The summed E-state index contributed by atoms with van der Waals surface area (Å²) in [6.07, 6.45) is 0. The average molecular weight is 292 g/mol. The van der Waals surface area contributed by atoms with Crippen LogP contribution in [0.1, 0.15) is 12.5 Å². The number of hydrogen-bond acceptors (Lipinski definition) is 2. The lowest BCUT2D eigenvalue weighted by molar-refractivity contribution is 0.255. The van der Waals surface area contributed by atoms with Crippen LogP contribution in [0.4, 0.5) is 0 Å². The fraction of sp³-hybridized carbons (Fsp3) is 0.455. The highest BCUT2D eigenvalue weighted by atomic mass is 79.9. The summed E-state index contributed by atoms with van der Waals surface area (Å²) < 4.78 is 1.01. The van der Waals surface area contributed by atoms with Gasteiger partial charge in [-0.15, -0.1) is 0 Å². The van der Waals surface area contributed by atoms with E-state index in [0.717, 1.165) is 21.6 Å². The van der Waals surface area contributed by atoms with Gasteiger partial charge in [0, 0.05) is 28.6 Å². The molecule has 0 radical (unpaired) electrons. The van der Waals surface area contributed by atoms with Gasteiger partial charge in [-0.05, 0) is 31.7 Å². The third-order valence-electron chi connectivity index (χ3n) is 2.53. The molecule has 0 aliphatic rings. The van der Waals surface area contributed by atoms with Gasteiger partial charge in [0.05, 0.1) is 0 Å². The minimum absolute atomic E-state index is 0.365. The zero-order valence-electron chi connectivity index (χ0n) is 9.00. The Balaban J connectivity index is 2.72. The Morgan fingerprint density at radius 3 is 2.73 bits per heavy atom. The van der Waals surface area contributed by atoms with Crippen molar-refractivity contribution >= 4 is 27.5 Å². The van der Waals surface area contributed by atoms with Gasteiger partial charge < -0.3 is 5.73 Å². The Morgan fingerprint density at radius 2 is 2.20 bits per heavy atom. The molecule has 0 aliphatic heterocycles. The minimum atomic E-state index is 0.365. The molecule has 1 aromatic carbocycles. The number of nitrogens with two attached hydrogens (primary N) is 1. The third-order valence-corrected chi connectivity index (χ3v) is 3.37. The molecule has 0 aliphatic carbocycles. The average Bonchev–Trinajstić information content (AvgIpc) is 2.20. The summed E-state index contributed by atoms with van der Waals surface area (Å²) in [5, 5.41) is 0.792. The fourth-order valence-corrected chi connectivity index (χ4v) is 1.99. The first kappa shape index (κ1) is 13.0. The normalized spacial score (nSPS) is 13.2. The predicted molar refractivity (Wildman–Crippen MR) is 69.1 cm³/mol. The van der Waals surface area contributed by atoms with Crippen LogP contribution in [0, 0.1) is 0 Å². The van der Waals surface area contributed by atoms with Crippen molar-refractivity contribution in [2.24, 2.45) is 5.73 Å². The summed E-state index contributed by atoms with van der Waals surface area (Å²) in [6.45, 7) is 3.59. The lowest BCUT2D eigenvalue weighted by Crippen LogP contribution is -2.34. The van der Waals surface area contributed by atoms with Crippen molar-refractivity contribution in [3.63, 3.8) is 0 Å². The van der Waals surface area contributed by atoms with Crippen LogP contribution in [0.2, 0.25) is 5.02 Å². The van der Waals surface area contributed by atoms with Crippen molar-refractivity contribution in [3.8, 4) is 0 Å². The minimum Gasteiger partial charge on any atom is -0.329 e. The summed E-state index contributed by atoms with van der Waals surface area (Å²) in [5.41, 5.74) is 6.73. The fourth-order valence-electron chi connectivity index (χ4n) is 1.25. The zero-order valence-corrected chi connectivity index (χ0v) is 11.3. The van der Waals surface area contributed by atoms with E-state index in [9.17, 15) is 0 Å². The van der Waals surface area contributed by atoms with Crippen LogP contribution in [-0.4, -0.2) is 24.5 Å². The SMILES string of the molecule is CC(CN)N(C)Cc1ccc(Br)cc1Cl. The number of halogens is 2. The molecule has 0 amide bonds. The summed E-state index contributed by atoms with van der Waals surface area (Å²) in [4.78, 5) is 2.19. The molecule has 4 heteroatoms. The number of nitrogens with zero attached hydrogens (tertiary/aromatic N) is 1. The molecular formula is C11H16BrClN2. The monoisotopic (exact) mass is 290 g/mol. The van der Waals surface area contributed by atoms with Gasteiger partial charge in [0.25, 0.3) is 0 Å². The summed E-state index contributed by atoms with van der Waals surface area (Å²) in [5.74, 6) is 0. The number of rotatable bonds is 4. The highest BCUT2D eigenvalue weighted by Crippen LogP contribution is 2.22. The van der Waals surface area contributed by atoms with E-state index in [1.807, 2.05) is 18.2 Å². The Bertz CT molecular complexity index is 330. The van der Waals surface area contributed by atoms with Crippen molar-refractivity contribution in [2.45, 2.75) is 19.5 Å². The molecule has 2 N–H and O–H groups in total. The molecular weight excluding hydrogens is 275 g/mol. The first-order valence-electron chi connectivity index (χ1n) is 4.89.